The number of nitriles is 1. The van der Waals surface area contributed by atoms with Crippen molar-refractivity contribution in [3.05, 3.63) is 26.7 Å². The Hall–Kier alpha value is -1.82. The Morgan fingerprint density at radius 3 is 2.74 bits per heavy atom. The van der Waals surface area contributed by atoms with Crippen molar-refractivity contribution in [3.63, 3.8) is 0 Å². The molecule has 0 amide bonds. The standard InChI is InChI=1S/C26H37N5OS2/c1-18-28-14-22(33-18)13-21(32)12-20-6-4-19(5-7-20)8-10-31-11-9-24-23(15-31)30-25(34-24)29-17-26(2,3)16-27/h14,19-20H,4-13,15,17H2,1-3H3,(H,29,30). The normalized spacial score (nSPS) is 21.1. The lowest BCUT2D eigenvalue weighted by atomic mass is 9.78. The van der Waals surface area contributed by atoms with E-state index in [1.54, 1.807) is 22.7 Å². The van der Waals surface area contributed by atoms with E-state index in [2.05, 4.69) is 21.3 Å². The van der Waals surface area contributed by atoms with Crippen LogP contribution in [0.15, 0.2) is 6.20 Å². The van der Waals surface area contributed by atoms with E-state index in [-0.39, 0.29) is 5.41 Å². The molecule has 184 valence electrons. The van der Waals surface area contributed by atoms with Crippen LogP contribution in [0.25, 0.3) is 0 Å². The van der Waals surface area contributed by atoms with Gasteiger partial charge in [-0.15, -0.1) is 22.7 Å². The van der Waals surface area contributed by atoms with Crippen molar-refractivity contribution in [1.29, 1.82) is 5.26 Å². The van der Waals surface area contributed by atoms with Crippen molar-refractivity contribution < 1.29 is 4.79 Å². The van der Waals surface area contributed by atoms with Crippen LogP contribution in [0.4, 0.5) is 5.13 Å². The Balaban J connectivity index is 1.15. The number of carbonyl (C=O) groups is 1. The van der Waals surface area contributed by atoms with Crippen molar-refractivity contribution in [2.75, 3.05) is 25.0 Å². The SMILES string of the molecule is Cc1ncc(CC(=O)CC2CCC(CCN3CCc4sc(NCC(C)(C)C#N)nc4C3)CC2)s1. The minimum atomic E-state index is -0.384. The molecule has 0 saturated heterocycles. The van der Waals surface area contributed by atoms with E-state index in [4.69, 9.17) is 4.98 Å². The zero-order valence-electron chi connectivity index (χ0n) is 20.7. The van der Waals surface area contributed by atoms with Crippen molar-refractivity contribution in [2.24, 2.45) is 17.3 Å². The predicted octanol–water partition coefficient (Wildman–Crippen LogP) is 5.63. The van der Waals surface area contributed by atoms with Crippen molar-refractivity contribution >= 4 is 33.6 Å². The monoisotopic (exact) mass is 499 g/mol. The van der Waals surface area contributed by atoms with E-state index in [0.29, 0.717) is 24.7 Å². The molecule has 1 fully saturated rings. The maximum absolute atomic E-state index is 12.5. The van der Waals surface area contributed by atoms with Gasteiger partial charge in [0.05, 0.1) is 22.2 Å². The highest BCUT2D eigenvalue weighted by Crippen LogP contribution is 2.34. The number of fused-ring (bicyclic) bond motifs is 1. The predicted molar refractivity (Wildman–Crippen MR) is 139 cm³/mol. The number of Topliss-reactive ketones (excluding diaryl/α,β-unsaturated/α-hetero) is 1. The van der Waals surface area contributed by atoms with Crippen LogP contribution in [0.1, 0.15) is 72.8 Å². The molecule has 0 unspecified atom stereocenters. The van der Waals surface area contributed by atoms with Gasteiger partial charge in [-0.3, -0.25) is 9.69 Å². The van der Waals surface area contributed by atoms with Gasteiger partial charge in [-0.1, -0.05) is 12.8 Å². The number of hydrogen-bond donors (Lipinski definition) is 1. The van der Waals surface area contributed by atoms with Crippen LogP contribution in [-0.2, 0) is 24.2 Å². The molecule has 0 spiro atoms. The summed E-state index contributed by atoms with van der Waals surface area (Å²) in [5.41, 5.74) is 0.831. The van der Waals surface area contributed by atoms with E-state index < -0.39 is 0 Å². The van der Waals surface area contributed by atoms with Gasteiger partial charge in [-0.25, -0.2) is 9.97 Å². The Bertz CT molecular complexity index is 1010. The molecular weight excluding hydrogens is 462 g/mol. The molecule has 6 nitrogen and oxygen atoms in total. The van der Waals surface area contributed by atoms with Crippen molar-refractivity contribution in [2.45, 2.75) is 78.7 Å². The van der Waals surface area contributed by atoms with E-state index in [0.717, 1.165) is 53.4 Å². The summed E-state index contributed by atoms with van der Waals surface area (Å²) in [5, 5.41) is 14.6. The first-order valence-corrected chi connectivity index (χ1v) is 14.2. The van der Waals surface area contributed by atoms with E-state index in [9.17, 15) is 10.1 Å². The second-order valence-electron chi connectivity index (χ2n) is 10.7. The third-order valence-electron chi connectivity index (χ3n) is 7.17. The van der Waals surface area contributed by atoms with Gasteiger partial charge in [0.15, 0.2) is 5.13 Å². The molecule has 3 heterocycles. The second kappa shape index (κ2) is 11.3. The molecule has 34 heavy (non-hydrogen) atoms. The van der Waals surface area contributed by atoms with Gasteiger partial charge in [0.1, 0.15) is 5.78 Å². The lowest BCUT2D eigenvalue weighted by Crippen LogP contribution is -2.32. The summed E-state index contributed by atoms with van der Waals surface area (Å²) >= 11 is 3.40. The van der Waals surface area contributed by atoms with E-state index in [1.165, 1.54) is 42.7 Å². The summed E-state index contributed by atoms with van der Waals surface area (Å²) < 4.78 is 0. The summed E-state index contributed by atoms with van der Waals surface area (Å²) in [4.78, 5) is 26.6. The fraction of sp³-hybridized carbons (Fsp3) is 0.692. The number of nitrogens with zero attached hydrogens (tertiary/aromatic N) is 4. The number of nitrogens with one attached hydrogen (secondary N) is 1. The van der Waals surface area contributed by atoms with Crippen LogP contribution in [0.3, 0.4) is 0 Å². The van der Waals surface area contributed by atoms with Crippen molar-refractivity contribution in [3.8, 4) is 6.07 Å². The maximum atomic E-state index is 12.5. The second-order valence-corrected chi connectivity index (χ2v) is 13.1. The molecule has 2 aromatic rings. The summed E-state index contributed by atoms with van der Waals surface area (Å²) in [6.45, 7) is 9.70. The molecule has 1 N–H and O–H groups in total. The topological polar surface area (TPSA) is 81.9 Å². The molecule has 0 radical (unpaired) electrons. The van der Waals surface area contributed by atoms with Gasteiger partial charge in [0, 0.05) is 48.4 Å². The van der Waals surface area contributed by atoms with Crippen LogP contribution in [0.5, 0.6) is 0 Å². The van der Waals surface area contributed by atoms with Gasteiger partial charge in [-0.05, 0) is 64.8 Å². The molecule has 4 rings (SSSR count). The third kappa shape index (κ3) is 7.10. The molecule has 0 aromatic carbocycles. The number of rotatable bonds is 10. The van der Waals surface area contributed by atoms with Gasteiger partial charge in [0.2, 0.25) is 0 Å². The van der Waals surface area contributed by atoms with Crippen LogP contribution in [-0.4, -0.2) is 40.3 Å². The smallest absolute Gasteiger partial charge is 0.183 e. The molecule has 1 aliphatic heterocycles. The zero-order valence-corrected chi connectivity index (χ0v) is 22.4. The number of hydrogen-bond acceptors (Lipinski definition) is 8. The minimum absolute atomic E-state index is 0.379. The summed E-state index contributed by atoms with van der Waals surface area (Å²) in [6, 6.07) is 2.34. The Labute approximate surface area is 211 Å². The summed E-state index contributed by atoms with van der Waals surface area (Å²) in [7, 11) is 0. The number of anilines is 1. The number of ketones is 1. The van der Waals surface area contributed by atoms with Crippen LogP contribution < -0.4 is 5.32 Å². The molecule has 0 atom stereocenters. The minimum Gasteiger partial charge on any atom is -0.360 e. The Kier molecular flexibility index (Phi) is 8.39. The lowest BCUT2D eigenvalue weighted by Gasteiger charge is -2.31. The van der Waals surface area contributed by atoms with Gasteiger partial charge in [-0.2, -0.15) is 5.26 Å². The zero-order chi connectivity index (χ0) is 24.1. The first kappa shape index (κ1) is 25.3. The first-order valence-electron chi connectivity index (χ1n) is 12.6. The summed E-state index contributed by atoms with van der Waals surface area (Å²) in [5.74, 6) is 1.74. The number of carbonyl (C=O) groups excluding carboxylic acids is 1. The molecule has 8 heteroatoms. The van der Waals surface area contributed by atoms with Crippen LogP contribution >= 0.6 is 22.7 Å². The fourth-order valence-electron chi connectivity index (χ4n) is 5.02. The first-order chi connectivity index (χ1) is 16.3. The molecule has 2 aromatic heterocycles. The molecule has 1 saturated carbocycles. The average molecular weight is 500 g/mol. The summed E-state index contributed by atoms with van der Waals surface area (Å²) in [6.07, 6.45) is 10.4. The number of aromatic nitrogens is 2. The molecule has 0 bridgehead atoms. The quantitative estimate of drug-likeness (QED) is 0.456. The Morgan fingerprint density at radius 1 is 1.26 bits per heavy atom. The Morgan fingerprint density at radius 2 is 2.03 bits per heavy atom. The molecule has 2 aliphatic rings. The van der Waals surface area contributed by atoms with E-state index in [1.807, 2.05) is 27.0 Å². The van der Waals surface area contributed by atoms with E-state index >= 15 is 0 Å². The maximum Gasteiger partial charge on any atom is 0.183 e. The molecular formula is C26H37N5OS2. The average Bonchev–Trinajstić information content (AvgIpc) is 3.42. The van der Waals surface area contributed by atoms with Gasteiger partial charge < -0.3 is 5.32 Å². The van der Waals surface area contributed by atoms with Gasteiger partial charge >= 0.3 is 0 Å². The third-order valence-corrected chi connectivity index (χ3v) is 9.20. The van der Waals surface area contributed by atoms with Gasteiger partial charge in [0.25, 0.3) is 0 Å². The highest BCUT2D eigenvalue weighted by Gasteiger charge is 2.26. The largest absolute Gasteiger partial charge is 0.360 e. The van der Waals surface area contributed by atoms with Crippen LogP contribution in [0, 0.1) is 35.5 Å². The lowest BCUT2D eigenvalue weighted by molar-refractivity contribution is -0.119. The number of aryl methyl sites for hydroxylation is 1. The van der Waals surface area contributed by atoms with Crippen LogP contribution in [0.2, 0.25) is 0 Å². The highest BCUT2D eigenvalue weighted by molar-refractivity contribution is 7.15. The van der Waals surface area contributed by atoms with Crippen molar-refractivity contribution in [1.82, 2.24) is 14.9 Å². The molecule has 1 aliphatic carbocycles. The number of thiazole rings is 2. The fourth-order valence-corrected chi connectivity index (χ4v) is 6.80. The highest BCUT2D eigenvalue weighted by atomic mass is 32.1.